The highest BCUT2D eigenvalue weighted by molar-refractivity contribution is 8.07. The molecule has 0 amide bonds. The standard InChI is InChI=1S/C15H23NO2S2/c1-9-10(2)20-13(8-19-9)15(16)14-11(17-3)6-5-7-12(14)18-4/h5-7,9-10,13,15H,8,16H2,1-4H3. The summed E-state index contributed by atoms with van der Waals surface area (Å²) in [4.78, 5) is 0. The largest absolute Gasteiger partial charge is 0.496 e. The smallest absolute Gasteiger partial charge is 0.127 e. The molecule has 0 aromatic heterocycles. The minimum absolute atomic E-state index is 0.0754. The zero-order valence-corrected chi connectivity index (χ0v) is 14.1. The summed E-state index contributed by atoms with van der Waals surface area (Å²) in [7, 11) is 3.36. The molecule has 5 heteroatoms. The Morgan fingerprint density at radius 2 is 1.75 bits per heavy atom. The fraction of sp³-hybridized carbons (Fsp3) is 0.600. The molecule has 112 valence electrons. The molecule has 1 aliphatic heterocycles. The predicted molar refractivity (Wildman–Crippen MR) is 89.2 cm³/mol. The normalized spacial score (nSPS) is 27.9. The van der Waals surface area contributed by atoms with E-state index in [9.17, 15) is 0 Å². The van der Waals surface area contributed by atoms with Crippen LogP contribution in [0.15, 0.2) is 18.2 Å². The molecule has 0 aliphatic carbocycles. The molecule has 0 radical (unpaired) electrons. The minimum atomic E-state index is -0.0754. The van der Waals surface area contributed by atoms with Crippen LogP contribution in [0.2, 0.25) is 0 Å². The Morgan fingerprint density at radius 1 is 1.15 bits per heavy atom. The van der Waals surface area contributed by atoms with Crippen molar-refractivity contribution in [1.29, 1.82) is 0 Å². The van der Waals surface area contributed by atoms with Gasteiger partial charge in [0.15, 0.2) is 0 Å². The number of thioether (sulfide) groups is 2. The van der Waals surface area contributed by atoms with Crippen molar-refractivity contribution in [3.8, 4) is 11.5 Å². The van der Waals surface area contributed by atoms with Crippen molar-refractivity contribution in [1.82, 2.24) is 0 Å². The first kappa shape index (κ1) is 15.9. The molecular formula is C15H23NO2S2. The maximum Gasteiger partial charge on any atom is 0.127 e. The van der Waals surface area contributed by atoms with E-state index in [1.807, 2.05) is 41.7 Å². The molecule has 3 nitrogen and oxygen atoms in total. The van der Waals surface area contributed by atoms with Gasteiger partial charge in [0.1, 0.15) is 11.5 Å². The van der Waals surface area contributed by atoms with Crippen LogP contribution in [-0.4, -0.2) is 35.7 Å². The van der Waals surface area contributed by atoms with E-state index in [1.54, 1.807) is 14.2 Å². The Bertz CT molecular complexity index is 433. The second-order valence-electron chi connectivity index (χ2n) is 5.02. The van der Waals surface area contributed by atoms with Gasteiger partial charge in [0, 0.05) is 27.5 Å². The van der Waals surface area contributed by atoms with E-state index in [0.717, 1.165) is 22.8 Å². The van der Waals surface area contributed by atoms with Crippen LogP contribution in [0, 0.1) is 0 Å². The molecule has 1 fully saturated rings. The molecule has 0 saturated carbocycles. The zero-order valence-electron chi connectivity index (χ0n) is 12.5. The Labute approximate surface area is 130 Å². The number of hydrogen-bond donors (Lipinski definition) is 1. The van der Waals surface area contributed by atoms with Crippen LogP contribution < -0.4 is 15.2 Å². The Morgan fingerprint density at radius 3 is 2.25 bits per heavy atom. The van der Waals surface area contributed by atoms with Crippen molar-refractivity contribution < 1.29 is 9.47 Å². The van der Waals surface area contributed by atoms with Gasteiger partial charge < -0.3 is 15.2 Å². The molecule has 1 heterocycles. The van der Waals surface area contributed by atoms with Gasteiger partial charge in [0.2, 0.25) is 0 Å². The van der Waals surface area contributed by atoms with Crippen molar-refractivity contribution in [2.24, 2.45) is 5.73 Å². The molecule has 2 N–H and O–H groups in total. The van der Waals surface area contributed by atoms with Crippen LogP contribution in [0.5, 0.6) is 11.5 Å². The van der Waals surface area contributed by atoms with Gasteiger partial charge in [-0.2, -0.15) is 23.5 Å². The summed E-state index contributed by atoms with van der Waals surface area (Å²) in [6.07, 6.45) is 0. The van der Waals surface area contributed by atoms with Crippen molar-refractivity contribution >= 4 is 23.5 Å². The summed E-state index contributed by atoms with van der Waals surface area (Å²) in [6, 6.07) is 5.75. The SMILES string of the molecule is COc1cccc(OC)c1C(N)C1CSC(C)C(C)S1. The lowest BCUT2D eigenvalue weighted by molar-refractivity contribution is 0.379. The molecule has 1 aromatic rings. The number of ether oxygens (including phenoxy) is 2. The first-order valence-corrected chi connectivity index (χ1v) is 8.81. The van der Waals surface area contributed by atoms with Crippen molar-refractivity contribution in [2.45, 2.75) is 35.6 Å². The maximum atomic E-state index is 6.54. The van der Waals surface area contributed by atoms with Gasteiger partial charge in [-0.05, 0) is 12.1 Å². The number of benzene rings is 1. The van der Waals surface area contributed by atoms with Gasteiger partial charge in [-0.15, -0.1) is 0 Å². The van der Waals surface area contributed by atoms with Gasteiger partial charge in [-0.25, -0.2) is 0 Å². The highest BCUT2D eigenvalue weighted by Crippen LogP contribution is 2.44. The van der Waals surface area contributed by atoms with Crippen LogP contribution in [0.4, 0.5) is 0 Å². The summed E-state index contributed by atoms with van der Waals surface area (Å²) in [5, 5.41) is 1.69. The van der Waals surface area contributed by atoms with Crippen LogP contribution in [0.3, 0.4) is 0 Å². The van der Waals surface area contributed by atoms with Gasteiger partial charge in [-0.3, -0.25) is 0 Å². The molecule has 4 unspecified atom stereocenters. The van der Waals surface area contributed by atoms with E-state index in [2.05, 4.69) is 13.8 Å². The molecule has 4 atom stereocenters. The molecule has 1 aromatic carbocycles. The van der Waals surface area contributed by atoms with E-state index in [-0.39, 0.29) is 6.04 Å². The molecule has 0 bridgehead atoms. The Hall–Kier alpha value is -0.520. The van der Waals surface area contributed by atoms with Crippen LogP contribution in [0.1, 0.15) is 25.5 Å². The fourth-order valence-corrected chi connectivity index (χ4v) is 5.42. The third-order valence-corrected chi connectivity index (χ3v) is 7.29. The van der Waals surface area contributed by atoms with Crippen LogP contribution in [0.25, 0.3) is 0 Å². The van der Waals surface area contributed by atoms with Gasteiger partial charge in [-0.1, -0.05) is 19.9 Å². The fourth-order valence-electron chi connectivity index (χ4n) is 2.39. The highest BCUT2D eigenvalue weighted by atomic mass is 32.2. The van der Waals surface area contributed by atoms with Crippen molar-refractivity contribution in [2.75, 3.05) is 20.0 Å². The number of nitrogens with two attached hydrogens (primary N) is 1. The lowest BCUT2D eigenvalue weighted by Crippen LogP contribution is -2.34. The zero-order chi connectivity index (χ0) is 14.7. The number of hydrogen-bond acceptors (Lipinski definition) is 5. The average Bonchev–Trinajstić information content (AvgIpc) is 2.48. The second kappa shape index (κ2) is 6.96. The first-order chi connectivity index (χ1) is 9.58. The summed E-state index contributed by atoms with van der Waals surface area (Å²) >= 11 is 3.98. The number of methoxy groups -OCH3 is 2. The van der Waals surface area contributed by atoms with Gasteiger partial charge in [0.25, 0.3) is 0 Å². The van der Waals surface area contributed by atoms with E-state index in [4.69, 9.17) is 15.2 Å². The quantitative estimate of drug-likeness (QED) is 0.923. The molecule has 1 aliphatic rings. The van der Waals surface area contributed by atoms with Crippen LogP contribution >= 0.6 is 23.5 Å². The van der Waals surface area contributed by atoms with Crippen molar-refractivity contribution in [3.63, 3.8) is 0 Å². The van der Waals surface area contributed by atoms with Gasteiger partial charge in [0.05, 0.1) is 19.8 Å². The van der Waals surface area contributed by atoms with E-state index >= 15 is 0 Å². The average molecular weight is 313 g/mol. The summed E-state index contributed by atoms with van der Waals surface area (Å²) in [5.41, 5.74) is 7.52. The van der Waals surface area contributed by atoms with Crippen molar-refractivity contribution in [3.05, 3.63) is 23.8 Å². The first-order valence-electron chi connectivity index (χ1n) is 6.82. The second-order valence-corrected chi connectivity index (χ2v) is 8.05. The third-order valence-electron chi connectivity index (χ3n) is 3.77. The Balaban J connectivity index is 2.26. The molecule has 2 rings (SSSR count). The summed E-state index contributed by atoms with van der Waals surface area (Å²) in [5.74, 6) is 2.70. The molecule has 1 saturated heterocycles. The minimum Gasteiger partial charge on any atom is -0.496 e. The van der Waals surface area contributed by atoms with E-state index < -0.39 is 0 Å². The van der Waals surface area contributed by atoms with E-state index in [0.29, 0.717) is 15.7 Å². The summed E-state index contributed by atoms with van der Waals surface area (Å²) in [6.45, 7) is 4.56. The topological polar surface area (TPSA) is 44.5 Å². The maximum absolute atomic E-state index is 6.54. The number of rotatable bonds is 4. The van der Waals surface area contributed by atoms with Gasteiger partial charge >= 0.3 is 0 Å². The molecule has 20 heavy (non-hydrogen) atoms. The summed E-state index contributed by atoms with van der Waals surface area (Å²) < 4.78 is 10.9. The third kappa shape index (κ3) is 3.21. The molecule has 0 spiro atoms. The highest BCUT2D eigenvalue weighted by Gasteiger charge is 2.32. The van der Waals surface area contributed by atoms with E-state index in [1.165, 1.54) is 0 Å². The predicted octanol–water partition coefficient (Wildman–Crippen LogP) is 3.33. The Kier molecular flexibility index (Phi) is 5.52. The lowest BCUT2D eigenvalue weighted by Gasteiger charge is -2.35. The molecular weight excluding hydrogens is 290 g/mol. The lowest BCUT2D eigenvalue weighted by atomic mass is 10.0. The monoisotopic (exact) mass is 313 g/mol. The van der Waals surface area contributed by atoms with Crippen LogP contribution in [-0.2, 0) is 0 Å².